The van der Waals surface area contributed by atoms with Gasteiger partial charge >= 0.3 is 0 Å². The second kappa shape index (κ2) is 11.7. The summed E-state index contributed by atoms with van der Waals surface area (Å²) in [5.74, 6) is -0.554. The third kappa shape index (κ3) is 6.06. The summed E-state index contributed by atoms with van der Waals surface area (Å²) >= 11 is 12.1. The van der Waals surface area contributed by atoms with Crippen LogP contribution in [0.25, 0.3) is 5.52 Å². The van der Waals surface area contributed by atoms with E-state index in [2.05, 4.69) is 37.2 Å². The van der Waals surface area contributed by atoms with E-state index >= 15 is 0 Å². The molecule has 3 aromatic heterocycles. The number of rotatable bonds is 8. The Morgan fingerprint density at radius 1 is 1.13 bits per heavy atom. The molecular weight excluding hydrogens is 548 g/mol. The molecular formula is C26H26Cl2FN7O3. The molecule has 1 aromatic carbocycles. The zero-order valence-electron chi connectivity index (χ0n) is 21.3. The van der Waals surface area contributed by atoms with E-state index in [1.807, 2.05) is 6.92 Å². The van der Waals surface area contributed by atoms with Crippen LogP contribution < -0.4 is 14.8 Å². The molecule has 204 valence electrons. The second-order valence-electron chi connectivity index (χ2n) is 9.15. The topological polar surface area (TPSA) is 97.1 Å². The van der Waals surface area contributed by atoms with Crippen LogP contribution in [0.4, 0.5) is 10.1 Å². The van der Waals surface area contributed by atoms with Crippen LogP contribution in [0.5, 0.6) is 17.4 Å². The monoisotopic (exact) mass is 573 g/mol. The fourth-order valence-corrected chi connectivity index (χ4v) is 4.81. The van der Waals surface area contributed by atoms with Crippen molar-refractivity contribution in [1.29, 1.82) is 0 Å². The summed E-state index contributed by atoms with van der Waals surface area (Å²) in [6.45, 7) is 7.34. The first-order valence-corrected chi connectivity index (χ1v) is 13.0. The second-order valence-corrected chi connectivity index (χ2v) is 9.96. The van der Waals surface area contributed by atoms with Crippen LogP contribution >= 0.6 is 23.2 Å². The molecule has 1 fully saturated rings. The lowest BCUT2D eigenvalue weighted by Crippen LogP contribution is -2.45. The number of ether oxygens (including phenoxy) is 2. The van der Waals surface area contributed by atoms with Gasteiger partial charge < -0.3 is 19.7 Å². The number of piperazine rings is 1. The van der Waals surface area contributed by atoms with Crippen molar-refractivity contribution in [1.82, 2.24) is 29.4 Å². The lowest BCUT2D eigenvalue weighted by Gasteiger charge is -2.32. The molecule has 13 heteroatoms. The number of halogens is 3. The van der Waals surface area contributed by atoms with Crippen molar-refractivity contribution in [3.8, 4) is 17.4 Å². The Labute approximate surface area is 234 Å². The minimum Gasteiger partial charge on any atom is -0.490 e. The van der Waals surface area contributed by atoms with Crippen LogP contribution in [0.2, 0.25) is 10.0 Å². The number of benzene rings is 1. The fourth-order valence-electron chi connectivity index (χ4n) is 4.27. The molecule has 0 aliphatic carbocycles. The van der Waals surface area contributed by atoms with Gasteiger partial charge in [-0.3, -0.25) is 14.7 Å². The van der Waals surface area contributed by atoms with Gasteiger partial charge in [0.1, 0.15) is 24.2 Å². The van der Waals surface area contributed by atoms with Crippen molar-refractivity contribution in [2.24, 2.45) is 0 Å². The van der Waals surface area contributed by atoms with E-state index in [1.54, 1.807) is 10.7 Å². The first-order chi connectivity index (χ1) is 18.8. The molecule has 1 amide bonds. The molecule has 1 aliphatic rings. The summed E-state index contributed by atoms with van der Waals surface area (Å²) in [5.41, 5.74) is 1.57. The van der Waals surface area contributed by atoms with Gasteiger partial charge in [0.05, 0.1) is 21.8 Å². The lowest BCUT2D eigenvalue weighted by atomic mass is 10.2. The van der Waals surface area contributed by atoms with Crippen LogP contribution in [-0.4, -0.2) is 81.7 Å². The Morgan fingerprint density at radius 2 is 1.87 bits per heavy atom. The van der Waals surface area contributed by atoms with Gasteiger partial charge in [-0.15, -0.1) is 0 Å². The maximum absolute atomic E-state index is 15.0. The number of anilines is 1. The summed E-state index contributed by atoms with van der Waals surface area (Å²) < 4.78 is 28.5. The minimum absolute atomic E-state index is 0.0442. The predicted molar refractivity (Wildman–Crippen MR) is 146 cm³/mol. The summed E-state index contributed by atoms with van der Waals surface area (Å²) in [6.07, 6.45) is 5.68. The van der Waals surface area contributed by atoms with Crippen molar-refractivity contribution >= 4 is 40.3 Å². The van der Waals surface area contributed by atoms with Gasteiger partial charge in [-0.1, -0.05) is 23.2 Å². The number of amides is 1. The van der Waals surface area contributed by atoms with Gasteiger partial charge in [0.25, 0.3) is 5.91 Å². The molecule has 4 aromatic rings. The van der Waals surface area contributed by atoms with Gasteiger partial charge in [-0.25, -0.2) is 8.91 Å². The Kier molecular flexibility index (Phi) is 8.12. The van der Waals surface area contributed by atoms with Gasteiger partial charge in [0, 0.05) is 62.4 Å². The molecule has 0 bridgehead atoms. The molecule has 1 aliphatic heterocycles. The third-order valence-corrected chi connectivity index (χ3v) is 7.06. The maximum Gasteiger partial charge on any atom is 0.258 e. The molecule has 0 saturated carbocycles. The highest BCUT2D eigenvalue weighted by molar-refractivity contribution is 6.40. The molecule has 1 N–H and O–H groups in total. The number of hydrogen-bond donors (Lipinski definition) is 1. The highest BCUT2D eigenvalue weighted by Crippen LogP contribution is 2.33. The van der Waals surface area contributed by atoms with Crippen molar-refractivity contribution in [3.63, 3.8) is 0 Å². The number of aryl methyl sites for hydroxylation is 1. The molecule has 0 unspecified atom stereocenters. The van der Waals surface area contributed by atoms with Gasteiger partial charge in [-0.05, 0) is 26.1 Å². The summed E-state index contributed by atoms with van der Waals surface area (Å²) in [5, 5.41) is 6.99. The van der Waals surface area contributed by atoms with Crippen LogP contribution in [0.15, 0.2) is 43.1 Å². The number of likely N-dealkylation sites (N-methyl/N-ethyl adjacent to an activating group) is 1. The average Bonchev–Trinajstić information content (AvgIpc) is 3.23. The van der Waals surface area contributed by atoms with Gasteiger partial charge in [0.2, 0.25) is 5.88 Å². The van der Waals surface area contributed by atoms with E-state index in [1.165, 1.54) is 30.9 Å². The summed E-state index contributed by atoms with van der Waals surface area (Å²) in [7, 11) is 2.12. The number of nitrogens with zero attached hydrogens (tertiary/aromatic N) is 6. The van der Waals surface area contributed by atoms with Crippen molar-refractivity contribution in [2.45, 2.75) is 6.92 Å². The normalized spacial score (nSPS) is 14.5. The van der Waals surface area contributed by atoms with E-state index < -0.39 is 11.7 Å². The van der Waals surface area contributed by atoms with Gasteiger partial charge in [-0.2, -0.15) is 10.1 Å². The number of hydrogen-bond acceptors (Lipinski definition) is 8. The smallest absolute Gasteiger partial charge is 0.258 e. The highest BCUT2D eigenvalue weighted by Gasteiger charge is 2.20. The van der Waals surface area contributed by atoms with E-state index in [0.717, 1.165) is 44.4 Å². The molecule has 1 saturated heterocycles. The first-order valence-electron chi connectivity index (χ1n) is 12.2. The number of nitrogens with one attached hydrogen (secondary N) is 1. The number of carbonyl (C=O) groups is 1. The predicted octanol–water partition coefficient (Wildman–Crippen LogP) is 4.55. The molecule has 5 rings (SSSR count). The zero-order valence-corrected chi connectivity index (χ0v) is 22.8. The number of pyridine rings is 1. The third-order valence-electron chi connectivity index (χ3n) is 6.48. The number of fused-ring (bicyclic) bond motifs is 1. The van der Waals surface area contributed by atoms with Crippen LogP contribution in [0.3, 0.4) is 0 Å². The molecule has 0 radical (unpaired) electrons. The standard InChI is InChI=1S/C26H26Cl2FN7O3/c1-16-22(38-10-9-35-7-5-34(2)6-8-35)14-36-24(16)26(31-15-32-36)39-21-4-3-17(11-20(21)29)33-25(37)23-18(27)12-30-13-19(23)28/h3-4,11-15H,5-10H2,1-2H3,(H,33,37). The van der Waals surface area contributed by atoms with Crippen LogP contribution in [0, 0.1) is 12.7 Å². The summed E-state index contributed by atoms with van der Waals surface area (Å²) in [4.78, 5) is 25.3. The van der Waals surface area contributed by atoms with Crippen molar-refractivity contribution in [3.05, 3.63) is 70.1 Å². The molecule has 0 atom stereocenters. The van der Waals surface area contributed by atoms with Crippen molar-refractivity contribution < 1.29 is 18.7 Å². The zero-order chi connectivity index (χ0) is 27.5. The summed E-state index contributed by atoms with van der Waals surface area (Å²) in [6, 6.07) is 4.02. The van der Waals surface area contributed by atoms with E-state index in [-0.39, 0.29) is 32.9 Å². The maximum atomic E-state index is 15.0. The minimum atomic E-state index is -0.704. The SMILES string of the molecule is Cc1c(OCCN2CCN(C)CC2)cn2ncnc(Oc3ccc(NC(=O)c4c(Cl)cncc4Cl)cc3F)c12. The molecule has 10 nitrogen and oxygen atoms in total. The van der Waals surface area contributed by atoms with Crippen LogP contribution in [-0.2, 0) is 0 Å². The van der Waals surface area contributed by atoms with E-state index in [9.17, 15) is 9.18 Å². The Balaban J connectivity index is 1.28. The molecule has 4 heterocycles. The van der Waals surface area contributed by atoms with Crippen molar-refractivity contribution in [2.75, 3.05) is 51.7 Å². The number of carbonyl (C=O) groups excluding carboxylic acids is 1. The van der Waals surface area contributed by atoms with E-state index in [4.69, 9.17) is 32.7 Å². The Morgan fingerprint density at radius 3 is 2.59 bits per heavy atom. The molecule has 39 heavy (non-hydrogen) atoms. The Hall–Kier alpha value is -3.51. The molecule has 0 spiro atoms. The van der Waals surface area contributed by atoms with E-state index in [0.29, 0.717) is 17.9 Å². The quantitative estimate of drug-likeness (QED) is 0.328. The lowest BCUT2D eigenvalue weighted by molar-refractivity contribution is 0.102. The highest BCUT2D eigenvalue weighted by atomic mass is 35.5. The Bertz CT molecular complexity index is 1490. The van der Waals surface area contributed by atoms with Gasteiger partial charge in [0.15, 0.2) is 11.6 Å². The number of aromatic nitrogens is 4. The largest absolute Gasteiger partial charge is 0.490 e. The van der Waals surface area contributed by atoms with Crippen LogP contribution in [0.1, 0.15) is 15.9 Å². The first kappa shape index (κ1) is 27.1. The fraction of sp³-hybridized carbons (Fsp3) is 0.308. The average molecular weight is 574 g/mol.